The number of fused-ring (bicyclic) bond motifs is 1. The maximum Gasteiger partial charge on any atom is 0.401 e. The number of alkyl halides is 3. The summed E-state index contributed by atoms with van der Waals surface area (Å²) in [5.74, 6) is -0.844. The van der Waals surface area contributed by atoms with Crippen LogP contribution in [0, 0.1) is 11.6 Å². The summed E-state index contributed by atoms with van der Waals surface area (Å²) in [5.41, 5.74) is 1.11. The number of nitrogens with one attached hydrogen (secondary N) is 1. The second-order valence-corrected chi connectivity index (χ2v) is 8.33. The quantitative estimate of drug-likeness (QED) is 0.350. The first kappa shape index (κ1) is 26.4. The van der Waals surface area contributed by atoms with Gasteiger partial charge in [0.05, 0.1) is 24.6 Å². The van der Waals surface area contributed by atoms with Crippen LogP contribution in [0.3, 0.4) is 0 Å². The Hall–Kier alpha value is -3.64. The van der Waals surface area contributed by atoms with E-state index in [-0.39, 0.29) is 35.1 Å². The van der Waals surface area contributed by atoms with E-state index in [0.29, 0.717) is 37.4 Å². The van der Waals surface area contributed by atoms with Gasteiger partial charge >= 0.3 is 6.18 Å². The highest BCUT2D eigenvalue weighted by atomic mass is 35.5. The first-order valence-electron chi connectivity index (χ1n) is 11.1. The van der Waals surface area contributed by atoms with Crippen LogP contribution >= 0.6 is 12.4 Å². The Morgan fingerprint density at radius 1 is 0.892 bits per heavy atom. The number of aromatic nitrogens is 4. The van der Waals surface area contributed by atoms with Crippen LogP contribution in [0.5, 0.6) is 0 Å². The van der Waals surface area contributed by atoms with E-state index in [4.69, 9.17) is 0 Å². The van der Waals surface area contributed by atoms with Crippen LogP contribution in [0.1, 0.15) is 0 Å². The van der Waals surface area contributed by atoms with Gasteiger partial charge in [0, 0.05) is 43.3 Å². The molecule has 4 aromatic rings. The molecule has 1 fully saturated rings. The van der Waals surface area contributed by atoms with Crippen molar-refractivity contribution in [2.75, 3.05) is 42.9 Å². The van der Waals surface area contributed by atoms with Crippen LogP contribution in [0.2, 0.25) is 0 Å². The van der Waals surface area contributed by atoms with Crippen molar-refractivity contribution < 1.29 is 22.0 Å². The molecule has 0 amide bonds. The number of hydrogen-bond donors (Lipinski definition) is 1. The molecule has 0 aliphatic carbocycles. The molecule has 1 aromatic carbocycles. The van der Waals surface area contributed by atoms with E-state index in [1.807, 2.05) is 4.90 Å². The van der Waals surface area contributed by atoms with Crippen LogP contribution in [0.4, 0.5) is 39.4 Å². The molecule has 0 saturated carbocycles. The maximum atomic E-state index is 14.5. The minimum atomic E-state index is -4.21. The van der Waals surface area contributed by atoms with Gasteiger partial charge in [0.1, 0.15) is 22.8 Å². The molecule has 0 radical (unpaired) electrons. The molecule has 3 aromatic heterocycles. The second kappa shape index (κ2) is 10.8. The second-order valence-electron chi connectivity index (χ2n) is 8.33. The van der Waals surface area contributed by atoms with Crippen molar-refractivity contribution in [2.24, 2.45) is 0 Å². The molecule has 7 nitrogen and oxygen atoms in total. The molecule has 1 saturated heterocycles. The molecule has 0 spiro atoms. The Morgan fingerprint density at radius 2 is 1.68 bits per heavy atom. The van der Waals surface area contributed by atoms with Crippen LogP contribution < -0.4 is 10.2 Å². The maximum absolute atomic E-state index is 14.5. The Kier molecular flexibility index (Phi) is 7.69. The first-order valence-corrected chi connectivity index (χ1v) is 11.1. The first-order chi connectivity index (χ1) is 17.2. The SMILES string of the molecule is Cl.Fc1cnc(Nc2ccc(N3CCN(CC(F)(F)F)CC3)cn2)nc1-c1cc(F)c2ncccc2c1. The van der Waals surface area contributed by atoms with Gasteiger partial charge in [0.15, 0.2) is 5.82 Å². The van der Waals surface area contributed by atoms with Gasteiger partial charge in [-0.3, -0.25) is 9.88 Å². The average Bonchev–Trinajstić information content (AvgIpc) is 2.85. The number of piperazine rings is 1. The molecule has 0 unspecified atom stereocenters. The third-order valence-electron chi connectivity index (χ3n) is 5.80. The molecule has 194 valence electrons. The smallest absolute Gasteiger partial charge is 0.368 e. The van der Waals surface area contributed by atoms with E-state index in [2.05, 4.69) is 25.3 Å². The van der Waals surface area contributed by atoms with E-state index in [9.17, 15) is 22.0 Å². The highest BCUT2D eigenvalue weighted by Gasteiger charge is 2.32. The van der Waals surface area contributed by atoms with E-state index in [1.165, 1.54) is 17.2 Å². The molecule has 0 bridgehead atoms. The lowest BCUT2D eigenvalue weighted by Crippen LogP contribution is -2.49. The Labute approximate surface area is 214 Å². The average molecular weight is 538 g/mol. The number of anilines is 3. The summed E-state index contributed by atoms with van der Waals surface area (Å²) in [7, 11) is 0. The highest BCUT2D eigenvalue weighted by molar-refractivity contribution is 5.85. The molecule has 37 heavy (non-hydrogen) atoms. The van der Waals surface area contributed by atoms with E-state index >= 15 is 0 Å². The lowest BCUT2D eigenvalue weighted by Gasteiger charge is -2.36. The lowest BCUT2D eigenvalue weighted by molar-refractivity contribution is -0.146. The summed E-state index contributed by atoms with van der Waals surface area (Å²) < 4.78 is 66.8. The van der Waals surface area contributed by atoms with Crippen LogP contribution in [-0.4, -0.2) is 63.7 Å². The number of pyridine rings is 2. The van der Waals surface area contributed by atoms with Crippen molar-refractivity contribution in [2.45, 2.75) is 6.18 Å². The van der Waals surface area contributed by atoms with Gasteiger partial charge in [0.25, 0.3) is 0 Å². The third kappa shape index (κ3) is 6.20. The number of rotatable bonds is 5. The van der Waals surface area contributed by atoms with Gasteiger partial charge in [0.2, 0.25) is 5.95 Å². The molecule has 4 heterocycles. The van der Waals surface area contributed by atoms with Crippen molar-refractivity contribution >= 4 is 40.8 Å². The van der Waals surface area contributed by atoms with Crippen molar-refractivity contribution in [3.05, 3.63) is 66.6 Å². The number of halogens is 6. The fraction of sp³-hybridized carbons (Fsp3) is 0.250. The zero-order valence-corrected chi connectivity index (χ0v) is 20.0. The number of nitrogens with zero attached hydrogens (tertiary/aromatic N) is 6. The summed E-state index contributed by atoms with van der Waals surface area (Å²) in [6.45, 7) is 0.595. The summed E-state index contributed by atoms with van der Waals surface area (Å²) >= 11 is 0. The molecule has 5 rings (SSSR count). The number of hydrogen-bond acceptors (Lipinski definition) is 7. The van der Waals surface area contributed by atoms with E-state index < -0.39 is 24.4 Å². The topological polar surface area (TPSA) is 70.1 Å². The third-order valence-corrected chi connectivity index (χ3v) is 5.80. The van der Waals surface area contributed by atoms with Crippen molar-refractivity contribution in [3.63, 3.8) is 0 Å². The van der Waals surface area contributed by atoms with Gasteiger partial charge in [-0.05, 0) is 30.3 Å². The van der Waals surface area contributed by atoms with Crippen LogP contribution in [-0.2, 0) is 0 Å². The van der Waals surface area contributed by atoms with E-state index in [0.717, 1.165) is 11.9 Å². The minimum Gasteiger partial charge on any atom is -0.368 e. The predicted octanol–water partition coefficient (Wildman–Crippen LogP) is 5.21. The minimum absolute atomic E-state index is 0. The van der Waals surface area contributed by atoms with Gasteiger partial charge in [-0.15, -0.1) is 12.4 Å². The Morgan fingerprint density at radius 3 is 2.38 bits per heavy atom. The Balaban J connectivity index is 0.00000320. The fourth-order valence-electron chi connectivity index (χ4n) is 4.09. The van der Waals surface area contributed by atoms with Gasteiger partial charge < -0.3 is 10.2 Å². The van der Waals surface area contributed by atoms with Gasteiger partial charge in [-0.2, -0.15) is 13.2 Å². The summed E-state index contributed by atoms with van der Waals surface area (Å²) in [4.78, 5) is 19.8. The fourth-order valence-corrected chi connectivity index (χ4v) is 4.09. The molecule has 13 heteroatoms. The Bertz CT molecular complexity index is 1380. The van der Waals surface area contributed by atoms with E-state index in [1.54, 1.807) is 36.5 Å². The predicted molar refractivity (Wildman–Crippen MR) is 132 cm³/mol. The molecule has 0 atom stereocenters. The summed E-state index contributed by atoms with van der Waals surface area (Å²) in [6.07, 6.45) is -0.147. The van der Waals surface area contributed by atoms with Gasteiger partial charge in [-0.1, -0.05) is 6.07 Å². The molecule has 1 N–H and O–H groups in total. The standard InChI is InChI=1S/C24H20F5N7.ClH/c25-18-11-16(10-15-2-1-5-30-21(15)18)22-19(26)13-32-23(34-22)33-20-4-3-17(12-31-20)36-8-6-35(7-9-36)14-24(27,28)29;/h1-5,10-13H,6-9,14H2,(H,31,32,33,34);1H. The van der Waals surface area contributed by atoms with Crippen LogP contribution in [0.15, 0.2) is 55.0 Å². The molecular weight excluding hydrogens is 517 g/mol. The normalized spacial score (nSPS) is 14.5. The zero-order chi connectivity index (χ0) is 25.3. The molecule has 1 aliphatic heterocycles. The molecular formula is C24H21ClF5N7. The van der Waals surface area contributed by atoms with Crippen molar-refractivity contribution in [1.29, 1.82) is 0 Å². The monoisotopic (exact) mass is 537 g/mol. The lowest BCUT2D eigenvalue weighted by atomic mass is 10.1. The van der Waals surface area contributed by atoms with Crippen molar-refractivity contribution in [1.82, 2.24) is 24.8 Å². The summed E-state index contributed by atoms with van der Waals surface area (Å²) in [5, 5.41) is 3.41. The largest absolute Gasteiger partial charge is 0.401 e. The summed E-state index contributed by atoms with van der Waals surface area (Å²) in [6, 6.07) is 9.56. The number of benzene rings is 1. The zero-order valence-electron chi connectivity index (χ0n) is 19.2. The highest BCUT2D eigenvalue weighted by Crippen LogP contribution is 2.28. The van der Waals surface area contributed by atoms with Crippen molar-refractivity contribution in [3.8, 4) is 11.3 Å². The van der Waals surface area contributed by atoms with Crippen LogP contribution in [0.25, 0.3) is 22.2 Å². The van der Waals surface area contributed by atoms with Gasteiger partial charge in [-0.25, -0.2) is 23.7 Å². The molecule has 1 aliphatic rings.